The van der Waals surface area contributed by atoms with Crippen molar-refractivity contribution in [2.75, 3.05) is 11.9 Å². The van der Waals surface area contributed by atoms with E-state index < -0.39 is 11.7 Å². The molecule has 1 aliphatic carbocycles. The molecule has 132 valence electrons. The second kappa shape index (κ2) is 5.52. The van der Waals surface area contributed by atoms with E-state index in [1.807, 2.05) is 6.07 Å². The number of halogens is 3. The highest BCUT2D eigenvalue weighted by atomic mass is 19.4. The molecule has 2 aliphatic rings. The van der Waals surface area contributed by atoms with Gasteiger partial charge in [0.2, 0.25) is 0 Å². The van der Waals surface area contributed by atoms with Gasteiger partial charge in [0.25, 0.3) is 0 Å². The Morgan fingerprint density at radius 2 is 1.68 bits per heavy atom. The Balaban J connectivity index is 1.72. The van der Waals surface area contributed by atoms with Crippen LogP contribution in [0.4, 0.5) is 18.9 Å². The summed E-state index contributed by atoms with van der Waals surface area (Å²) in [4.78, 5) is 2.41. The van der Waals surface area contributed by atoms with Crippen molar-refractivity contribution in [3.63, 3.8) is 0 Å². The fourth-order valence-corrected chi connectivity index (χ4v) is 4.65. The summed E-state index contributed by atoms with van der Waals surface area (Å²) < 4.78 is 38.3. The van der Waals surface area contributed by atoms with Crippen LogP contribution in [-0.4, -0.2) is 12.6 Å². The molecular formula is C21H22F3N. The van der Waals surface area contributed by atoms with E-state index in [9.17, 15) is 13.2 Å². The zero-order valence-electron chi connectivity index (χ0n) is 14.5. The van der Waals surface area contributed by atoms with E-state index in [-0.39, 0.29) is 5.54 Å². The first-order valence-corrected chi connectivity index (χ1v) is 8.86. The maximum atomic E-state index is 12.8. The van der Waals surface area contributed by atoms with Crippen molar-refractivity contribution >= 4 is 5.69 Å². The quantitative estimate of drug-likeness (QED) is 0.591. The van der Waals surface area contributed by atoms with Crippen molar-refractivity contribution in [2.45, 2.75) is 50.2 Å². The number of benzene rings is 2. The Hall–Kier alpha value is -1.97. The maximum Gasteiger partial charge on any atom is 0.416 e. The van der Waals surface area contributed by atoms with Crippen LogP contribution in [0.5, 0.6) is 0 Å². The second-order valence-electron chi connectivity index (χ2n) is 7.56. The van der Waals surface area contributed by atoms with Gasteiger partial charge >= 0.3 is 6.18 Å². The van der Waals surface area contributed by atoms with Gasteiger partial charge in [-0.25, -0.2) is 0 Å². The summed E-state index contributed by atoms with van der Waals surface area (Å²) in [7, 11) is 2.17. The van der Waals surface area contributed by atoms with Crippen molar-refractivity contribution in [1.29, 1.82) is 0 Å². The summed E-state index contributed by atoms with van der Waals surface area (Å²) in [6.07, 6.45) is 0.598. The zero-order valence-corrected chi connectivity index (χ0v) is 14.5. The summed E-state index contributed by atoms with van der Waals surface area (Å²) in [6.45, 7) is 2.34. The van der Waals surface area contributed by atoms with E-state index in [0.29, 0.717) is 5.92 Å². The maximum absolute atomic E-state index is 12.8. The van der Waals surface area contributed by atoms with E-state index in [1.165, 1.54) is 49.1 Å². The molecule has 0 radical (unpaired) electrons. The zero-order chi connectivity index (χ0) is 17.8. The monoisotopic (exact) mass is 345 g/mol. The predicted molar refractivity (Wildman–Crippen MR) is 94.9 cm³/mol. The fourth-order valence-electron chi connectivity index (χ4n) is 4.65. The Labute approximate surface area is 146 Å². The molecule has 1 heterocycles. The molecule has 0 bridgehead atoms. The van der Waals surface area contributed by atoms with Crippen molar-refractivity contribution < 1.29 is 13.2 Å². The van der Waals surface area contributed by atoms with Crippen molar-refractivity contribution in [3.05, 3.63) is 53.6 Å². The lowest BCUT2D eigenvalue weighted by Crippen LogP contribution is -2.45. The van der Waals surface area contributed by atoms with Crippen LogP contribution in [0.3, 0.4) is 0 Å². The molecule has 1 fully saturated rings. The highest BCUT2D eigenvalue weighted by Crippen LogP contribution is 2.54. The number of hydrogen-bond acceptors (Lipinski definition) is 1. The molecule has 0 saturated heterocycles. The average Bonchev–Trinajstić information content (AvgIpc) is 2.82. The van der Waals surface area contributed by atoms with Crippen molar-refractivity contribution in [2.24, 2.45) is 0 Å². The smallest absolute Gasteiger partial charge is 0.368 e. The highest BCUT2D eigenvalue weighted by molar-refractivity contribution is 5.73. The van der Waals surface area contributed by atoms with Crippen LogP contribution >= 0.6 is 0 Å². The van der Waals surface area contributed by atoms with Crippen LogP contribution in [-0.2, 0) is 6.18 Å². The topological polar surface area (TPSA) is 3.24 Å². The molecule has 4 heteroatoms. The molecule has 1 saturated carbocycles. The molecule has 2 aromatic rings. The predicted octanol–water partition coefficient (Wildman–Crippen LogP) is 6.24. The average molecular weight is 345 g/mol. The first kappa shape index (κ1) is 16.5. The van der Waals surface area contributed by atoms with Gasteiger partial charge in [0.1, 0.15) is 0 Å². The summed E-state index contributed by atoms with van der Waals surface area (Å²) in [5.41, 5.74) is 4.02. The van der Waals surface area contributed by atoms with E-state index in [4.69, 9.17) is 0 Å². The third-order valence-electron chi connectivity index (χ3n) is 6.25. The molecule has 4 rings (SSSR count). The van der Waals surface area contributed by atoms with Crippen LogP contribution in [0, 0.1) is 0 Å². The molecule has 0 unspecified atom stereocenters. The normalized spacial score (nSPS) is 25.6. The minimum absolute atomic E-state index is 0.166. The van der Waals surface area contributed by atoms with Crippen molar-refractivity contribution in [3.8, 4) is 11.1 Å². The SMILES string of the molecule is CN1c2ccc(-c3ccc(C(F)(F)F)cc3)cc2[C@@H]2CCCC[C@]21C. The number of rotatable bonds is 1. The van der Waals surface area contributed by atoms with Crippen LogP contribution in [0.2, 0.25) is 0 Å². The van der Waals surface area contributed by atoms with E-state index in [1.54, 1.807) is 12.1 Å². The van der Waals surface area contributed by atoms with Gasteiger partial charge in [-0.05, 0) is 60.7 Å². The number of alkyl halides is 3. The van der Waals surface area contributed by atoms with E-state index >= 15 is 0 Å². The van der Waals surface area contributed by atoms with Gasteiger partial charge in [-0.3, -0.25) is 0 Å². The number of likely N-dealkylation sites (N-methyl/N-ethyl adjacent to an activating group) is 1. The Kier molecular flexibility index (Phi) is 3.64. The van der Waals surface area contributed by atoms with Gasteiger partial charge in [-0.1, -0.05) is 31.0 Å². The summed E-state index contributed by atoms with van der Waals surface area (Å²) in [5, 5.41) is 0. The minimum atomic E-state index is -4.29. The minimum Gasteiger partial charge on any atom is -0.368 e. The Morgan fingerprint density at radius 1 is 1.00 bits per heavy atom. The van der Waals surface area contributed by atoms with Crippen LogP contribution < -0.4 is 4.90 Å². The lowest BCUT2D eigenvalue weighted by molar-refractivity contribution is -0.137. The number of nitrogens with zero attached hydrogens (tertiary/aromatic N) is 1. The number of anilines is 1. The largest absolute Gasteiger partial charge is 0.416 e. The molecule has 0 spiro atoms. The van der Waals surface area contributed by atoms with Crippen molar-refractivity contribution in [1.82, 2.24) is 0 Å². The molecular weight excluding hydrogens is 323 g/mol. The second-order valence-corrected chi connectivity index (χ2v) is 7.56. The summed E-state index contributed by atoms with van der Waals surface area (Å²) >= 11 is 0. The molecule has 1 aliphatic heterocycles. The van der Waals surface area contributed by atoms with E-state index in [2.05, 4.69) is 31.0 Å². The first-order chi connectivity index (χ1) is 11.8. The van der Waals surface area contributed by atoms with Gasteiger partial charge < -0.3 is 4.90 Å². The molecule has 2 aromatic carbocycles. The van der Waals surface area contributed by atoms with Gasteiger partial charge in [0, 0.05) is 24.2 Å². The molecule has 1 nitrogen and oxygen atoms in total. The van der Waals surface area contributed by atoms with Crippen LogP contribution in [0.15, 0.2) is 42.5 Å². The first-order valence-electron chi connectivity index (χ1n) is 8.86. The molecule has 0 aromatic heterocycles. The fraction of sp³-hybridized carbons (Fsp3) is 0.429. The Morgan fingerprint density at radius 3 is 2.36 bits per heavy atom. The van der Waals surface area contributed by atoms with Crippen LogP contribution in [0.25, 0.3) is 11.1 Å². The van der Waals surface area contributed by atoms with Gasteiger partial charge in [-0.2, -0.15) is 13.2 Å². The molecule has 0 N–H and O–H groups in total. The Bertz CT molecular complexity index is 794. The standard InChI is InChI=1S/C21H22F3N/c1-20-12-4-3-5-18(20)17-13-15(8-11-19(17)25(20)2)14-6-9-16(10-7-14)21(22,23)24/h6-11,13,18H,3-5,12H2,1-2H3/t18-,20+/m0/s1. The number of fused-ring (bicyclic) bond motifs is 3. The van der Waals surface area contributed by atoms with Gasteiger partial charge in [0.05, 0.1) is 5.56 Å². The lowest BCUT2D eigenvalue weighted by Gasteiger charge is -2.42. The summed E-state index contributed by atoms with van der Waals surface area (Å²) in [6, 6.07) is 11.8. The van der Waals surface area contributed by atoms with Gasteiger partial charge in [0.15, 0.2) is 0 Å². The molecule has 0 amide bonds. The lowest BCUT2D eigenvalue weighted by atomic mass is 9.73. The van der Waals surface area contributed by atoms with E-state index in [0.717, 1.165) is 11.1 Å². The highest BCUT2D eigenvalue weighted by Gasteiger charge is 2.47. The summed E-state index contributed by atoms with van der Waals surface area (Å²) in [5.74, 6) is 0.510. The third kappa shape index (κ3) is 2.54. The molecule has 2 atom stereocenters. The third-order valence-corrected chi connectivity index (χ3v) is 6.25. The number of hydrogen-bond donors (Lipinski definition) is 0. The van der Waals surface area contributed by atoms with Crippen LogP contribution in [0.1, 0.15) is 49.7 Å². The molecule has 25 heavy (non-hydrogen) atoms. The van der Waals surface area contributed by atoms with Gasteiger partial charge in [-0.15, -0.1) is 0 Å².